The van der Waals surface area contributed by atoms with Crippen LogP contribution in [-0.4, -0.2) is 45.7 Å². The number of sulfonamides is 1. The first-order valence-electron chi connectivity index (χ1n) is 5.29. The van der Waals surface area contributed by atoms with Crippen molar-refractivity contribution >= 4 is 33.2 Å². The number of hydrogen-bond acceptors (Lipinski definition) is 4. The molecule has 0 atom stereocenters. The smallest absolute Gasteiger partial charge is 0.246 e. The van der Waals surface area contributed by atoms with E-state index in [1.54, 1.807) is 0 Å². The Bertz CT molecular complexity index is 572. The Kier molecular flexibility index (Phi) is 5.16. The van der Waals surface area contributed by atoms with E-state index < -0.39 is 15.9 Å². The molecule has 6 nitrogen and oxygen atoms in total. The molecule has 1 rings (SSSR count). The van der Waals surface area contributed by atoms with Crippen molar-refractivity contribution in [1.82, 2.24) is 4.31 Å². The molecule has 0 heterocycles. The van der Waals surface area contributed by atoms with E-state index in [2.05, 4.69) is 5.32 Å². The third-order valence-electron chi connectivity index (χ3n) is 2.33. The number of carbonyl (C=O) groups is 1. The summed E-state index contributed by atoms with van der Waals surface area (Å²) < 4.78 is 30.3. The summed E-state index contributed by atoms with van der Waals surface area (Å²) in [5.74, 6) is -0.417. The second-order valence-electron chi connectivity index (χ2n) is 3.83. The molecule has 0 saturated heterocycles. The molecule has 0 aliphatic carbocycles. The van der Waals surface area contributed by atoms with E-state index in [1.807, 2.05) is 0 Å². The molecule has 19 heavy (non-hydrogen) atoms. The first kappa shape index (κ1) is 15.7. The lowest BCUT2D eigenvalue weighted by atomic mass is 10.3. The molecule has 0 aliphatic rings. The third kappa shape index (κ3) is 3.59. The number of nitrogens with zero attached hydrogens (tertiary/aromatic N) is 1. The second-order valence-corrected chi connectivity index (χ2v) is 6.22. The lowest BCUT2D eigenvalue weighted by Crippen LogP contribution is -2.23. The van der Waals surface area contributed by atoms with Crippen LogP contribution in [0.1, 0.15) is 0 Å². The average molecular weight is 307 g/mol. The van der Waals surface area contributed by atoms with Crippen molar-refractivity contribution < 1.29 is 17.9 Å². The first-order valence-corrected chi connectivity index (χ1v) is 7.26. The monoisotopic (exact) mass is 306 g/mol. The predicted molar refractivity (Wildman–Crippen MR) is 73.2 cm³/mol. The van der Waals surface area contributed by atoms with Gasteiger partial charge in [0.15, 0.2) is 0 Å². The number of halogens is 1. The van der Waals surface area contributed by atoms with Gasteiger partial charge in [-0.15, -0.1) is 11.6 Å². The molecular weight excluding hydrogens is 292 g/mol. The molecule has 1 amide bonds. The maximum absolute atomic E-state index is 12.1. The van der Waals surface area contributed by atoms with E-state index in [9.17, 15) is 13.2 Å². The van der Waals surface area contributed by atoms with Crippen LogP contribution < -0.4 is 10.1 Å². The zero-order valence-corrected chi connectivity index (χ0v) is 12.4. The van der Waals surface area contributed by atoms with Gasteiger partial charge < -0.3 is 10.1 Å². The number of nitrogens with one attached hydrogen (secondary N) is 1. The van der Waals surface area contributed by atoms with Crippen molar-refractivity contribution in [2.45, 2.75) is 4.90 Å². The molecule has 106 valence electrons. The maximum atomic E-state index is 12.1. The number of methoxy groups -OCH3 is 1. The van der Waals surface area contributed by atoms with E-state index in [4.69, 9.17) is 16.3 Å². The number of alkyl halides is 1. The molecule has 1 aromatic rings. The van der Waals surface area contributed by atoms with Crippen LogP contribution in [0.2, 0.25) is 0 Å². The molecular formula is C11H15ClN2O4S. The molecule has 0 radical (unpaired) electrons. The molecule has 1 aromatic carbocycles. The Hall–Kier alpha value is -1.31. The van der Waals surface area contributed by atoms with E-state index in [0.717, 1.165) is 4.31 Å². The Labute approximate surface area is 117 Å². The summed E-state index contributed by atoms with van der Waals surface area (Å²) in [5, 5.41) is 2.48. The molecule has 0 fully saturated rings. The summed E-state index contributed by atoms with van der Waals surface area (Å²) >= 11 is 5.38. The highest BCUT2D eigenvalue weighted by atomic mass is 35.5. The SMILES string of the molecule is COc1ccc(NC(=O)CCl)cc1S(=O)(=O)N(C)C. The van der Waals surface area contributed by atoms with Crippen LogP contribution in [-0.2, 0) is 14.8 Å². The van der Waals surface area contributed by atoms with Crippen molar-refractivity contribution in [3.63, 3.8) is 0 Å². The standard InChI is InChI=1S/C11H15ClN2O4S/c1-14(2)19(16,17)10-6-8(13-11(15)7-12)4-5-9(10)18-3/h4-6H,7H2,1-3H3,(H,13,15). The summed E-state index contributed by atoms with van der Waals surface area (Å²) in [6, 6.07) is 4.34. The van der Waals surface area contributed by atoms with Crippen LogP contribution in [0.3, 0.4) is 0 Å². The topological polar surface area (TPSA) is 75.7 Å². The molecule has 0 aliphatic heterocycles. The van der Waals surface area contributed by atoms with Crippen molar-refractivity contribution in [1.29, 1.82) is 0 Å². The number of carbonyl (C=O) groups excluding carboxylic acids is 1. The minimum atomic E-state index is -3.66. The van der Waals surface area contributed by atoms with E-state index >= 15 is 0 Å². The minimum absolute atomic E-state index is 0.0210. The average Bonchev–Trinajstić information content (AvgIpc) is 2.38. The molecule has 0 spiro atoms. The summed E-state index contributed by atoms with van der Waals surface area (Å²) in [6.45, 7) is 0. The van der Waals surface area contributed by atoms with Gasteiger partial charge in [0.25, 0.3) is 0 Å². The largest absolute Gasteiger partial charge is 0.495 e. The quantitative estimate of drug-likeness (QED) is 0.827. The molecule has 0 bridgehead atoms. The van der Waals surface area contributed by atoms with Crippen LogP contribution >= 0.6 is 11.6 Å². The van der Waals surface area contributed by atoms with Gasteiger partial charge in [0.2, 0.25) is 15.9 Å². The van der Waals surface area contributed by atoms with Gasteiger partial charge in [0, 0.05) is 19.8 Å². The van der Waals surface area contributed by atoms with Crippen molar-refractivity contribution in [3.8, 4) is 5.75 Å². The van der Waals surface area contributed by atoms with Gasteiger partial charge in [-0.2, -0.15) is 0 Å². The van der Waals surface area contributed by atoms with Gasteiger partial charge in [-0.3, -0.25) is 4.79 Å². The lowest BCUT2D eigenvalue weighted by molar-refractivity contribution is -0.113. The van der Waals surface area contributed by atoms with E-state index in [1.165, 1.54) is 39.4 Å². The summed E-state index contributed by atoms with van der Waals surface area (Å²) in [5.41, 5.74) is 0.340. The van der Waals surface area contributed by atoms with Crippen LogP contribution in [0.4, 0.5) is 5.69 Å². The zero-order chi connectivity index (χ0) is 14.6. The Balaban J connectivity index is 3.29. The molecule has 8 heteroatoms. The lowest BCUT2D eigenvalue weighted by Gasteiger charge is -2.15. The Morgan fingerprint density at radius 1 is 1.42 bits per heavy atom. The summed E-state index contributed by atoms with van der Waals surface area (Å²) in [7, 11) is 0.546. The Morgan fingerprint density at radius 3 is 2.53 bits per heavy atom. The number of benzene rings is 1. The van der Waals surface area contributed by atoms with Gasteiger partial charge >= 0.3 is 0 Å². The van der Waals surface area contributed by atoms with Crippen molar-refractivity contribution in [2.75, 3.05) is 32.4 Å². The van der Waals surface area contributed by atoms with Gasteiger partial charge in [-0.05, 0) is 18.2 Å². The maximum Gasteiger partial charge on any atom is 0.246 e. The van der Waals surface area contributed by atoms with Crippen LogP contribution in [0.25, 0.3) is 0 Å². The van der Waals surface area contributed by atoms with Gasteiger partial charge in [-0.25, -0.2) is 12.7 Å². The normalized spacial score (nSPS) is 11.4. The highest BCUT2D eigenvalue weighted by molar-refractivity contribution is 7.89. The fourth-order valence-electron chi connectivity index (χ4n) is 1.35. The van der Waals surface area contributed by atoms with E-state index in [-0.39, 0.29) is 16.5 Å². The van der Waals surface area contributed by atoms with Crippen LogP contribution in [0.5, 0.6) is 5.75 Å². The minimum Gasteiger partial charge on any atom is -0.495 e. The zero-order valence-electron chi connectivity index (χ0n) is 10.8. The molecule has 0 saturated carbocycles. The highest BCUT2D eigenvalue weighted by Crippen LogP contribution is 2.28. The number of rotatable bonds is 5. The summed E-state index contributed by atoms with van der Waals surface area (Å²) in [6.07, 6.45) is 0. The van der Waals surface area contributed by atoms with Gasteiger partial charge in [-0.1, -0.05) is 0 Å². The third-order valence-corrected chi connectivity index (χ3v) is 4.41. The number of anilines is 1. The predicted octanol–water partition coefficient (Wildman–Crippen LogP) is 1.12. The van der Waals surface area contributed by atoms with Gasteiger partial charge in [0.1, 0.15) is 16.5 Å². The second kappa shape index (κ2) is 6.23. The highest BCUT2D eigenvalue weighted by Gasteiger charge is 2.22. The van der Waals surface area contributed by atoms with Crippen LogP contribution in [0.15, 0.2) is 23.1 Å². The fourth-order valence-corrected chi connectivity index (χ4v) is 2.49. The number of amides is 1. The molecule has 1 N–H and O–H groups in total. The molecule has 0 aromatic heterocycles. The van der Waals surface area contributed by atoms with Crippen molar-refractivity contribution in [2.24, 2.45) is 0 Å². The summed E-state index contributed by atoms with van der Waals surface area (Å²) in [4.78, 5) is 11.2. The van der Waals surface area contributed by atoms with Gasteiger partial charge in [0.05, 0.1) is 7.11 Å². The van der Waals surface area contributed by atoms with Crippen molar-refractivity contribution in [3.05, 3.63) is 18.2 Å². The number of hydrogen-bond donors (Lipinski definition) is 1. The first-order chi connectivity index (χ1) is 8.82. The Morgan fingerprint density at radius 2 is 2.05 bits per heavy atom. The molecule has 0 unspecified atom stereocenters. The van der Waals surface area contributed by atoms with Crippen LogP contribution in [0, 0.1) is 0 Å². The fraction of sp³-hybridized carbons (Fsp3) is 0.364. The van der Waals surface area contributed by atoms with E-state index in [0.29, 0.717) is 5.69 Å². The number of ether oxygens (including phenoxy) is 1.